The number of likely N-dealkylation sites (tertiary alicyclic amines) is 1. The van der Waals surface area contributed by atoms with Crippen LogP contribution in [0.2, 0.25) is 0 Å². The van der Waals surface area contributed by atoms with Gasteiger partial charge in [0.25, 0.3) is 11.5 Å². The van der Waals surface area contributed by atoms with E-state index in [0.717, 1.165) is 38.8 Å². The Morgan fingerprint density at radius 3 is 2.64 bits per heavy atom. The SMILES string of the molecule is COC1(C)CCN(c2c(C#N)c(=O)[nH]c3ccc(C(=O)NCC4CCN(C)CC4)nc23)CC1. The van der Waals surface area contributed by atoms with Gasteiger partial charge in [0.05, 0.1) is 16.8 Å². The first-order valence-corrected chi connectivity index (χ1v) is 11.6. The van der Waals surface area contributed by atoms with Crippen LogP contribution in [0.3, 0.4) is 0 Å². The van der Waals surface area contributed by atoms with Crippen molar-refractivity contribution in [3.8, 4) is 6.07 Å². The summed E-state index contributed by atoms with van der Waals surface area (Å²) in [6.07, 6.45) is 3.65. The molecule has 0 aromatic carbocycles. The van der Waals surface area contributed by atoms with Crippen LogP contribution in [0, 0.1) is 17.2 Å². The van der Waals surface area contributed by atoms with Crippen LogP contribution < -0.4 is 15.8 Å². The highest BCUT2D eigenvalue weighted by atomic mass is 16.5. The maximum absolute atomic E-state index is 12.9. The average molecular weight is 453 g/mol. The summed E-state index contributed by atoms with van der Waals surface area (Å²) in [5, 5.41) is 12.8. The summed E-state index contributed by atoms with van der Waals surface area (Å²) in [7, 11) is 3.82. The van der Waals surface area contributed by atoms with Crippen LogP contribution in [0.1, 0.15) is 48.7 Å². The molecule has 9 nitrogen and oxygen atoms in total. The highest BCUT2D eigenvalue weighted by Gasteiger charge is 2.32. The third-order valence-corrected chi connectivity index (χ3v) is 7.20. The molecule has 4 rings (SSSR count). The van der Waals surface area contributed by atoms with Gasteiger partial charge in [0.2, 0.25) is 0 Å². The Bertz CT molecular complexity index is 1120. The lowest BCUT2D eigenvalue weighted by Crippen LogP contribution is -2.44. The second-order valence-electron chi connectivity index (χ2n) is 9.48. The number of nitriles is 1. The molecule has 2 fully saturated rings. The lowest BCUT2D eigenvalue weighted by atomic mass is 9.92. The van der Waals surface area contributed by atoms with Crippen molar-refractivity contribution >= 4 is 22.6 Å². The third-order valence-electron chi connectivity index (χ3n) is 7.20. The topological polar surface area (TPSA) is 114 Å². The number of H-pyrrole nitrogens is 1. The van der Waals surface area contributed by atoms with Crippen LogP contribution in [0.4, 0.5) is 5.69 Å². The first-order valence-electron chi connectivity index (χ1n) is 11.6. The summed E-state index contributed by atoms with van der Waals surface area (Å²) in [5.41, 5.74) is 1.12. The molecule has 0 radical (unpaired) electrons. The molecule has 0 spiro atoms. The van der Waals surface area contributed by atoms with E-state index in [1.807, 2.05) is 11.0 Å². The van der Waals surface area contributed by atoms with E-state index >= 15 is 0 Å². The molecule has 2 aliphatic rings. The Balaban J connectivity index is 1.61. The molecule has 2 N–H and O–H groups in total. The van der Waals surface area contributed by atoms with Gasteiger partial charge in [0, 0.05) is 26.7 Å². The summed E-state index contributed by atoms with van der Waals surface area (Å²) < 4.78 is 5.63. The number of hydrogen-bond acceptors (Lipinski definition) is 7. The number of methoxy groups -OCH3 is 1. The van der Waals surface area contributed by atoms with E-state index in [9.17, 15) is 14.9 Å². The first kappa shape index (κ1) is 23.2. The van der Waals surface area contributed by atoms with E-state index < -0.39 is 5.56 Å². The van der Waals surface area contributed by atoms with Crippen LogP contribution in [0.5, 0.6) is 0 Å². The normalized spacial score (nSPS) is 19.4. The lowest BCUT2D eigenvalue weighted by molar-refractivity contribution is -0.0132. The fraction of sp³-hybridized carbons (Fsp3) is 0.583. The molecule has 2 aliphatic heterocycles. The highest BCUT2D eigenvalue weighted by Crippen LogP contribution is 2.32. The van der Waals surface area contributed by atoms with Crippen molar-refractivity contribution in [3.63, 3.8) is 0 Å². The Kier molecular flexibility index (Phi) is 6.68. The Morgan fingerprint density at radius 1 is 1.30 bits per heavy atom. The summed E-state index contributed by atoms with van der Waals surface area (Å²) >= 11 is 0. The number of hydrogen-bond donors (Lipinski definition) is 2. The number of anilines is 1. The number of piperidine rings is 2. The van der Waals surface area contributed by atoms with Gasteiger partial charge >= 0.3 is 0 Å². The zero-order chi connectivity index (χ0) is 23.6. The fourth-order valence-electron chi connectivity index (χ4n) is 4.69. The molecular weight excluding hydrogens is 420 g/mol. The standard InChI is InChI=1S/C24H32N6O3/c1-24(33-3)8-12-30(13-9-24)21-17(14-25)22(31)28-18-4-5-19(27-20(18)21)23(32)26-15-16-6-10-29(2)11-7-16/h4-5,16H,6-13,15H2,1-3H3,(H,26,32)(H,28,31). The van der Waals surface area contributed by atoms with Crippen LogP contribution >= 0.6 is 0 Å². The molecular formula is C24H32N6O3. The molecule has 0 aliphatic carbocycles. The number of carbonyl (C=O) groups is 1. The van der Waals surface area contributed by atoms with E-state index in [4.69, 9.17) is 4.74 Å². The van der Waals surface area contributed by atoms with Crippen LogP contribution in [-0.2, 0) is 4.74 Å². The first-order chi connectivity index (χ1) is 15.8. The summed E-state index contributed by atoms with van der Waals surface area (Å²) in [5.74, 6) is 0.225. The van der Waals surface area contributed by atoms with E-state index in [1.54, 1.807) is 19.2 Å². The molecule has 4 heterocycles. The molecule has 1 amide bonds. The minimum absolute atomic E-state index is 0.0277. The molecule has 0 unspecified atom stereocenters. The smallest absolute Gasteiger partial charge is 0.269 e. The number of ether oxygens (including phenoxy) is 1. The zero-order valence-corrected chi connectivity index (χ0v) is 19.6. The highest BCUT2D eigenvalue weighted by molar-refractivity contribution is 5.97. The Morgan fingerprint density at radius 2 is 2.00 bits per heavy atom. The fourth-order valence-corrected chi connectivity index (χ4v) is 4.69. The molecule has 2 aromatic rings. The summed E-state index contributed by atoms with van der Waals surface area (Å²) in [6.45, 7) is 6.03. The molecule has 33 heavy (non-hydrogen) atoms. The van der Waals surface area contributed by atoms with Gasteiger partial charge in [-0.15, -0.1) is 0 Å². The molecule has 176 valence electrons. The van der Waals surface area contributed by atoms with Gasteiger partial charge in [-0.1, -0.05) is 0 Å². The quantitative estimate of drug-likeness (QED) is 0.712. The molecule has 2 saturated heterocycles. The van der Waals surface area contributed by atoms with Gasteiger partial charge in [-0.25, -0.2) is 4.98 Å². The van der Waals surface area contributed by atoms with E-state index in [2.05, 4.69) is 34.2 Å². The largest absolute Gasteiger partial charge is 0.378 e. The van der Waals surface area contributed by atoms with Gasteiger partial charge in [-0.2, -0.15) is 5.26 Å². The predicted octanol–water partition coefficient (Wildman–Crippen LogP) is 1.87. The number of aromatic amines is 1. The van der Waals surface area contributed by atoms with Gasteiger partial charge in [0.1, 0.15) is 22.8 Å². The van der Waals surface area contributed by atoms with Crippen molar-refractivity contribution in [2.75, 3.05) is 51.8 Å². The Labute approximate surface area is 193 Å². The average Bonchev–Trinajstić information content (AvgIpc) is 2.83. The van der Waals surface area contributed by atoms with E-state index in [1.165, 1.54) is 0 Å². The minimum atomic E-state index is -0.443. The number of fused-ring (bicyclic) bond motifs is 1. The lowest BCUT2D eigenvalue weighted by Gasteiger charge is -2.39. The van der Waals surface area contributed by atoms with Crippen molar-refractivity contribution in [3.05, 3.63) is 33.7 Å². The van der Waals surface area contributed by atoms with Crippen LogP contribution in [0.25, 0.3) is 11.0 Å². The van der Waals surface area contributed by atoms with E-state index in [-0.39, 0.29) is 22.8 Å². The van der Waals surface area contributed by atoms with Crippen molar-refractivity contribution in [2.24, 2.45) is 5.92 Å². The molecule has 9 heteroatoms. The van der Waals surface area contributed by atoms with Crippen molar-refractivity contribution < 1.29 is 9.53 Å². The number of nitrogens with one attached hydrogen (secondary N) is 2. The second-order valence-corrected chi connectivity index (χ2v) is 9.48. The molecule has 0 bridgehead atoms. The Hall–Kier alpha value is -2.96. The number of aromatic nitrogens is 2. The number of carbonyl (C=O) groups excluding carboxylic acids is 1. The van der Waals surface area contributed by atoms with Gasteiger partial charge in [0.15, 0.2) is 0 Å². The number of nitrogens with zero attached hydrogens (tertiary/aromatic N) is 4. The number of rotatable bonds is 5. The summed E-state index contributed by atoms with van der Waals surface area (Å²) in [6, 6.07) is 5.37. The van der Waals surface area contributed by atoms with Crippen molar-refractivity contribution in [1.82, 2.24) is 20.2 Å². The van der Waals surface area contributed by atoms with Crippen molar-refractivity contribution in [1.29, 1.82) is 5.26 Å². The third kappa shape index (κ3) is 4.87. The maximum atomic E-state index is 12.9. The predicted molar refractivity (Wildman–Crippen MR) is 126 cm³/mol. The number of pyridine rings is 2. The van der Waals surface area contributed by atoms with Gasteiger partial charge < -0.3 is 24.8 Å². The molecule has 0 saturated carbocycles. The monoisotopic (exact) mass is 452 g/mol. The second kappa shape index (κ2) is 9.49. The van der Waals surface area contributed by atoms with Gasteiger partial charge in [-0.05, 0) is 70.8 Å². The molecule has 2 aromatic heterocycles. The van der Waals surface area contributed by atoms with Crippen LogP contribution in [-0.4, -0.2) is 73.3 Å². The summed E-state index contributed by atoms with van der Waals surface area (Å²) in [4.78, 5) is 37.1. The van der Waals surface area contributed by atoms with Crippen LogP contribution in [0.15, 0.2) is 16.9 Å². The number of amides is 1. The minimum Gasteiger partial charge on any atom is -0.378 e. The van der Waals surface area contributed by atoms with E-state index in [0.29, 0.717) is 42.3 Å². The van der Waals surface area contributed by atoms with Gasteiger partial charge in [-0.3, -0.25) is 9.59 Å². The maximum Gasteiger partial charge on any atom is 0.269 e. The molecule has 0 atom stereocenters. The zero-order valence-electron chi connectivity index (χ0n) is 19.6. The van der Waals surface area contributed by atoms with Crippen molar-refractivity contribution in [2.45, 2.75) is 38.2 Å².